The van der Waals surface area contributed by atoms with Crippen molar-refractivity contribution in [3.05, 3.63) is 6.73 Å². The van der Waals surface area contributed by atoms with Crippen molar-refractivity contribution in [2.75, 3.05) is 13.1 Å². The van der Waals surface area contributed by atoms with Gasteiger partial charge in [0, 0.05) is 13.1 Å². The lowest BCUT2D eigenvalue weighted by Gasteiger charge is -2.23. The number of hydrogen-bond donors (Lipinski definition) is 0. The molecule has 0 rings (SSSR count). The monoisotopic (exact) mass is 186 g/mol. The second-order valence-electron chi connectivity index (χ2n) is 4.08. The summed E-state index contributed by atoms with van der Waals surface area (Å²) >= 11 is 0. The molecule has 77 valence electrons. The SMILES string of the molecule is CC(C)CN([CH]OC=O)CC(C)C. The van der Waals surface area contributed by atoms with Crippen LogP contribution in [0.1, 0.15) is 27.7 Å². The first-order valence-electron chi connectivity index (χ1n) is 4.72. The second kappa shape index (κ2) is 6.89. The molecule has 0 aromatic rings. The Balaban J connectivity index is 3.79. The molecule has 0 aliphatic heterocycles. The fraction of sp³-hybridized carbons (Fsp3) is 0.800. The fourth-order valence-corrected chi connectivity index (χ4v) is 1.21. The van der Waals surface area contributed by atoms with Crippen LogP contribution in [-0.4, -0.2) is 24.5 Å². The molecule has 3 heteroatoms. The average Bonchev–Trinajstić information content (AvgIpc) is 1.98. The van der Waals surface area contributed by atoms with Crippen molar-refractivity contribution < 1.29 is 9.53 Å². The van der Waals surface area contributed by atoms with Gasteiger partial charge < -0.3 is 4.74 Å². The Labute approximate surface area is 81.1 Å². The van der Waals surface area contributed by atoms with Crippen molar-refractivity contribution in [2.24, 2.45) is 11.8 Å². The minimum absolute atomic E-state index is 0.452. The second-order valence-corrected chi connectivity index (χ2v) is 4.08. The summed E-state index contributed by atoms with van der Waals surface area (Å²) in [4.78, 5) is 12.0. The Kier molecular flexibility index (Phi) is 6.59. The van der Waals surface area contributed by atoms with Gasteiger partial charge >= 0.3 is 0 Å². The van der Waals surface area contributed by atoms with E-state index in [9.17, 15) is 4.79 Å². The molecule has 0 spiro atoms. The van der Waals surface area contributed by atoms with E-state index in [4.69, 9.17) is 0 Å². The smallest absolute Gasteiger partial charge is 0.294 e. The van der Waals surface area contributed by atoms with Crippen molar-refractivity contribution in [1.29, 1.82) is 0 Å². The lowest BCUT2D eigenvalue weighted by atomic mass is 10.1. The lowest BCUT2D eigenvalue weighted by Crippen LogP contribution is -2.29. The highest BCUT2D eigenvalue weighted by Crippen LogP contribution is 2.05. The van der Waals surface area contributed by atoms with E-state index in [0.29, 0.717) is 18.3 Å². The van der Waals surface area contributed by atoms with Crippen molar-refractivity contribution in [3.63, 3.8) is 0 Å². The number of nitrogens with zero attached hydrogens (tertiary/aromatic N) is 1. The van der Waals surface area contributed by atoms with Crippen molar-refractivity contribution >= 4 is 6.47 Å². The third kappa shape index (κ3) is 7.78. The molecule has 0 saturated heterocycles. The summed E-state index contributed by atoms with van der Waals surface area (Å²) in [5.41, 5.74) is 0. The van der Waals surface area contributed by atoms with Gasteiger partial charge in [-0.2, -0.15) is 0 Å². The first-order chi connectivity index (χ1) is 6.06. The number of ether oxygens (including phenoxy) is 1. The number of hydrogen-bond acceptors (Lipinski definition) is 3. The van der Waals surface area contributed by atoms with E-state index in [-0.39, 0.29) is 0 Å². The molecular weight excluding hydrogens is 166 g/mol. The molecule has 0 aliphatic rings. The van der Waals surface area contributed by atoms with Crippen molar-refractivity contribution in [3.8, 4) is 0 Å². The zero-order valence-electron chi connectivity index (χ0n) is 8.99. The highest BCUT2D eigenvalue weighted by atomic mass is 16.5. The third-order valence-electron chi connectivity index (χ3n) is 1.46. The van der Waals surface area contributed by atoms with Crippen molar-refractivity contribution in [1.82, 2.24) is 4.90 Å². The topological polar surface area (TPSA) is 29.5 Å². The van der Waals surface area contributed by atoms with Crippen LogP contribution in [-0.2, 0) is 9.53 Å². The molecule has 0 aromatic carbocycles. The molecule has 1 radical (unpaired) electrons. The largest absolute Gasteiger partial charge is 0.443 e. The zero-order chi connectivity index (χ0) is 10.3. The predicted molar refractivity (Wildman–Crippen MR) is 52.7 cm³/mol. The van der Waals surface area contributed by atoms with E-state index in [1.54, 1.807) is 0 Å². The molecular formula is C10H20NO2. The summed E-state index contributed by atoms with van der Waals surface area (Å²) in [7, 11) is 0. The molecule has 13 heavy (non-hydrogen) atoms. The lowest BCUT2D eigenvalue weighted by molar-refractivity contribution is -0.128. The van der Waals surface area contributed by atoms with Gasteiger partial charge in [0.1, 0.15) is 0 Å². The van der Waals surface area contributed by atoms with Gasteiger partial charge in [0.25, 0.3) is 6.47 Å². The highest BCUT2D eigenvalue weighted by molar-refractivity contribution is 5.37. The summed E-state index contributed by atoms with van der Waals surface area (Å²) < 4.78 is 4.62. The van der Waals surface area contributed by atoms with Gasteiger partial charge in [0.2, 0.25) is 6.73 Å². The molecule has 0 N–H and O–H groups in total. The number of carbonyl (C=O) groups is 1. The Morgan fingerprint density at radius 1 is 1.15 bits per heavy atom. The molecule has 0 amide bonds. The standard InChI is InChI=1S/C10H20NO2/c1-9(2)5-11(6-10(3)4)7-13-8-12/h7-10H,5-6H2,1-4H3. The summed E-state index contributed by atoms with van der Waals surface area (Å²) in [6.07, 6.45) is 0. The Bertz CT molecular complexity index is 125. The zero-order valence-corrected chi connectivity index (χ0v) is 8.99. The van der Waals surface area contributed by atoms with E-state index in [1.807, 2.05) is 4.90 Å². The molecule has 0 bridgehead atoms. The van der Waals surface area contributed by atoms with E-state index < -0.39 is 0 Å². The van der Waals surface area contributed by atoms with E-state index >= 15 is 0 Å². The van der Waals surface area contributed by atoms with Crippen LogP contribution in [0.5, 0.6) is 0 Å². The first kappa shape index (κ1) is 12.4. The third-order valence-corrected chi connectivity index (χ3v) is 1.46. The van der Waals surface area contributed by atoms with E-state index in [1.165, 1.54) is 6.73 Å². The minimum Gasteiger partial charge on any atom is -0.443 e. The van der Waals surface area contributed by atoms with Gasteiger partial charge in [0.15, 0.2) is 0 Å². The van der Waals surface area contributed by atoms with Crippen LogP contribution in [0.15, 0.2) is 0 Å². The van der Waals surface area contributed by atoms with Crippen LogP contribution in [0.25, 0.3) is 0 Å². The van der Waals surface area contributed by atoms with Gasteiger partial charge in [-0.25, -0.2) is 0 Å². The molecule has 0 heterocycles. The molecule has 3 nitrogen and oxygen atoms in total. The highest BCUT2D eigenvalue weighted by Gasteiger charge is 2.09. The van der Waals surface area contributed by atoms with Gasteiger partial charge in [-0.3, -0.25) is 9.69 Å². The molecule has 0 atom stereocenters. The summed E-state index contributed by atoms with van der Waals surface area (Å²) in [6, 6.07) is 0. The van der Waals surface area contributed by atoms with E-state index in [0.717, 1.165) is 13.1 Å². The fourth-order valence-electron chi connectivity index (χ4n) is 1.21. The quantitative estimate of drug-likeness (QED) is 0.569. The Morgan fingerprint density at radius 2 is 1.62 bits per heavy atom. The summed E-state index contributed by atoms with van der Waals surface area (Å²) in [6.45, 7) is 12.4. The van der Waals surface area contributed by atoms with Crippen molar-refractivity contribution in [2.45, 2.75) is 27.7 Å². The van der Waals surface area contributed by atoms with Gasteiger partial charge in [-0.05, 0) is 11.8 Å². The summed E-state index contributed by atoms with van der Waals surface area (Å²) in [5.74, 6) is 1.15. The van der Waals surface area contributed by atoms with E-state index in [2.05, 4.69) is 32.4 Å². The minimum atomic E-state index is 0.452. The molecule has 0 unspecified atom stereocenters. The van der Waals surface area contributed by atoms with Gasteiger partial charge in [-0.1, -0.05) is 27.7 Å². The Morgan fingerprint density at radius 3 is 1.92 bits per heavy atom. The van der Waals surface area contributed by atoms with Crippen LogP contribution in [0, 0.1) is 18.6 Å². The predicted octanol–water partition coefficient (Wildman–Crippen LogP) is 1.89. The maximum atomic E-state index is 10.0. The van der Waals surface area contributed by atoms with Crippen LogP contribution in [0.4, 0.5) is 0 Å². The van der Waals surface area contributed by atoms with Crippen LogP contribution in [0.3, 0.4) is 0 Å². The van der Waals surface area contributed by atoms with Gasteiger partial charge in [0.05, 0.1) is 0 Å². The van der Waals surface area contributed by atoms with Crippen LogP contribution in [0.2, 0.25) is 0 Å². The average molecular weight is 186 g/mol. The Hall–Kier alpha value is -0.570. The first-order valence-corrected chi connectivity index (χ1v) is 4.72. The number of carbonyl (C=O) groups excluding carboxylic acids is 1. The molecule has 0 aliphatic carbocycles. The summed E-state index contributed by atoms with van der Waals surface area (Å²) in [5, 5.41) is 0. The molecule has 0 saturated carbocycles. The van der Waals surface area contributed by atoms with Crippen LogP contribution >= 0.6 is 0 Å². The normalized spacial score (nSPS) is 11.3. The van der Waals surface area contributed by atoms with Gasteiger partial charge in [-0.15, -0.1) is 0 Å². The number of rotatable bonds is 7. The van der Waals surface area contributed by atoms with Crippen LogP contribution < -0.4 is 0 Å². The molecule has 0 aromatic heterocycles. The maximum absolute atomic E-state index is 10.0. The maximum Gasteiger partial charge on any atom is 0.294 e. The molecule has 0 fully saturated rings.